The Balaban J connectivity index is 1.62. The molecule has 1 aliphatic carbocycles. The molecule has 1 aromatic rings. The molecule has 1 spiro atoms. The molecule has 0 aromatic heterocycles. The van der Waals surface area contributed by atoms with Gasteiger partial charge in [0.05, 0.1) is 19.1 Å². The maximum absolute atomic E-state index is 13.8. The smallest absolute Gasteiger partial charge is 0.410 e. The summed E-state index contributed by atoms with van der Waals surface area (Å²) < 4.78 is 4.97. The van der Waals surface area contributed by atoms with Gasteiger partial charge in [0.1, 0.15) is 6.04 Å². The number of piperidine rings is 1. The van der Waals surface area contributed by atoms with Crippen LogP contribution in [-0.2, 0) is 14.3 Å². The van der Waals surface area contributed by atoms with Crippen LogP contribution in [0.15, 0.2) is 24.3 Å². The largest absolute Gasteiger partial charge is 0.453 e. The van der Waals surface area contributed by atoms with E-state index in [-0.39, 0.29) is 11.2 Å². The minimum atomic E-state index is -0.989. The quantitative estimate of drug-likeness (QED) is 0.489. The fourth-order valence-corrected chi connectivity index (χ4v) is 5.33. The number of likely N-dealkylation sites (tertiary alicyclic amines) is 1. The lowest BCUT2D eigenvalue weighted by Crippen LogP contribution is -2.62. The van der Waals surface area contributed by atoms with E-state index in [1.54, 1.807) is 5.48 Å². The Morgan fingerprint density at radius 1 is 1.19 bits per heavy atom. The molecule has 1 saturated heterocycles. The van der Waals surface area contributed by atoms with Crippen LogP contribution in [0.2, 0.25) is 0 Å². The third-order valence-electron chi connectivity index (χ3n) is 7.05. The molecular weight excluding hydrogens is 410 g/mol. The minimum absolute atomic E-state index is 0.174. The Morgan fingerprint density at radius 3 is 2.47 bits per heavy atom. The van der Waals surface area contributed by atoms with Crippen LogP contribution in [0.1, 0.15) is 42.4 Å². The standard InChI is InChI=1S/C24H31N3O5/c1-14-8-15(2)10-17(9-14)16-4-7-25-19(11-16)21(28)20-18(22(29)26-31)12-24(5-6-24)13-27(20)23(30)32-3/h4,8-10,18-20,25,31H,5-7,11-13H2,1-3H3,(H,26,29). The van der Waals surface area contributed by atoms with Crippen molar-refractivity contribution in [1.82, 2.24) is 15.7 Å². The van der Waals surface area contributed by atoms with Crippen molar-refractivity contribution >= 4 is 23.4 Å². The second kappa shape index (κ2) is 8.67. The number of hydrogen-bond acceptors (Lipinski definition) is 6. The summed E-state index contributed by atoms with van der Waals surface area (Å²) in [6.45, 7) is 4.99. The van der Waals surface area contributed by atoms with E-state index < -0.39 is 30.0 Å². The molecule has 32 heavy (non-hydrogen) atoms. The third kappa shape index (κ3) is 4.29. The van der Waals surface area contributed by atoms with Gasteiger partial charge in [-0.15, -0.1) is 0 Å². The number of carbonyl (C=O) groups excluding carboxylic acids is 3. The summed E-state index contributed by atoms with van der Waals surface area (Å²) in [4.78, 5) is 40.4. The number of hydrogen-bond donors (Lipinski definition) is 3. The highest BCUT2D eigenvalue weighted by Gasteiger charge is 2.57. The van der Waals surface area contributed by atoms with Gasteiger partial charge in [-0.25, -0.2) is 10.3 Å². The molecule has 172 valence electrons. The number of aryl methyl sites for hydroxylation is 2. The summed E-state index contributed by atoms with van der Waals surface area (Å²) in [6.07, 6.45) is 4.16. The molecule has 2 amide bonds. The highest BCUT2D eigenvalue weighted by Crippen LogP contribution is 2.55. The van der Waals surface area contributed by atoms with Crippen molar-refractivity contribution in [3.63, 3.8) is 0 Å². The first kappa shape index (κ1) is 22.5. The topological polar surface area (TPSA) is 108 Å². The molecule has 0 bridgehead atoms. The van der Waals surface area contributed by atoms with Gasteiger partial charge in [-0.05, 0) is 56.1 Å². The van der Waals surface area contributed by atoms with Crippen molar-refractivity contribution in [2.75, 3.05) is 20.2 Å². The first-order valence-electron chi connectivity index (χ1n) is 11.1. The normalized spacial score (nSPS) is 26.3. The van der Waals surface area contributed by atoms with E-state index >= 15 is 0 Å². The maximum Gasteiger partial charge on any atom is 0.410 e. The predicted molar refractivity (Wildman–Crippen MR) is 118 cm³/mol. The molecule has 2 aliphatic heterocycles. The van der Waals surface area contributed by atoms with Crippen molar-refractivity contribution in [1.29, 1.82) is 0 Å². The molecule has 2 fully saturated rings. The molecule has 3 unspecified atom stereocenters. The third-order valence-corrected chi connectivity index (χ3v) is 7.05. The van der Waals surface area contributed by atoms with Crippen molar-refractivity contribution in [3.8, 4) is 0 Å². The van der Waals surface area contributed by atoms with E-state index in [1.165, 1.54) is 12.0 Å². The van der Waals surface area contributed by atoms with E-state index in [2.05, 4.69) is 29.6 Å². The molecule has 3 N–H and O–H groups in total. The fourth-order valence-electron chi connectivity index (χ4n) is 5.33. The van der Waals surface area contributed by atoms with Crippen molar-refractivity contribution in [3.05, 3.63) is 41.0 Å². The van der Waals surface area contributed by atoms with Crippen LogP contribution < -0.4 is 10.8 Å². The SMILES string of the molecule is COC(=O)N1CC2(CC2)CC(C(=O)NO)C1C(=O)C1CC(c2cc(C)cc(C)c2)=CCN1. The number of ether oxygens (including phenoxy) is 1. The molecule has 3 atom stereocenters. The van der Waals surface area contributed by atoms with Gasteiger partial charge in [-0.1, -0.05) is 35.4 Å². The number of amides is 2. The van der Waals surface area contributed by atoms with Crippen molar-refractivity contribution in [2.24, 2.45) is 11.3 Å². The number of benzene rings is 1. The first-order valence-corrected chi connectivity index (χ1v) is 11.1. The van der Waals surface area contributed by atoms with Gasteiger partial charge >= 0.3 is 6.09 Å². The average Bonchev–Trinajstić information content (AvgIpc) is 3.54. The molecule has 1 aromatic carbocycles. The number of ketones is 1. The molecule has 8 nitrogen and oxygen atoms in total. The van der Waals surface area contributed by atoms with Crippen LogP contribution in [0.5, 0.6) is 0 Å². The predicted octanol–water partition coefficient (Wildman–Crippen LogP) is 2.36. The summed E-state index contributed by atoms with van der Waals surface area (Å²) in [6, 6.07) is 4.78. The van der Waals surface area contributed by atoms with Crippen LogP contribution in [-0.4, -0.2) is 60.2 Å². The van der Waals surface area contributed by atoms with Gasteiger partial charge < -0.3 is 10.1 Å². The van der Waals surface area contributed by atoms with Crippen LogP contribution in [0.4, 0.5) is 4.79 Å². The highest BCUT2D eigenvalue weighted by atomic mass is 16.5. The Morgan fingerprint density at radius 2 is 1.88 bits per heavy atom. The second-order valence-corrected chi connectivity index (χ2v) is 9.50. The zero-order valence-electron chi connectivity index (χ0n) is 18.8. The fraction of sp³-hybridized carbons (Fsp3) is 0.542. The minimum Gasteiger partial charge on any atom is -0.453 e. The van der Waals surface area contributed by atoms with Crippen LogP contribution in [0, 0.1) is 25.2 Å². The lowest BCUT2D eigenvalue weighted by atomic mass is 9.76. The number of methoxy groups -OCH3 is 1. The molecule has 4 rings (SSSR count). The van der Waals surface area contributed by atoms with E-state index in [1.807, 2.05) is 13.8 Å². The molecule has 1 saturated carbocycles. The number of nitrogens with one attached hydrogen (secondary N) is 2. The summed E-state index contributed by atoms with van der Waals surface area (Å²) in [5, 5.41) is 12.6. The number of carbonyl (C=O) groups is 3. The molecular formula is C24H31N3O5. The Labute approximate surface area is 187 Å². The summed E-state index contributed by atoms with van der Waals surface area (Å²) in [5.41, 5.74) is 5.99. The van der Waals surface area contributed by atoms with Gasteiger partial charge in [0.15, 0.2) is 5.78 Å². The second-order valence-electron chi connectivity index (χ2n) is 9.50. The Hall–Kier alpha value is -2.71. The van der Waals surface area contributed by atoms with Gasteiger partial charge in [-0.3, -0.25) is 19.7 Å². The summed E-state index contributed by atoms with van der Waals surface area (Å²) in [7, 11) is 1.28. The molecule has 3 aliphatic rings. The van der Waals surface area contributed by atoms with Gasteiger partial charge in [0.2, 0.25) is 5.91 Å². The van der Waals surface area contributed by atoms with E-state index in [4.69, 9.17) is 4.74 Å². The van der Waals surface area contributed by atoms with Crippen LogP contribution in [0.3, 0.4) is 0 Å². The molecule has 0 radical (unpaired) electrons. The van der Waals surface area contributed by atoms with Crippen LogP contribution >= 0.6 is 0 Å². The van der Waals surface area contributed by atoms with E-state index in [0.29, 0.717) is 25.9 Å². The lowest BCUT2D eigenvalue weighted by molar-refractivity contribution is -0.144. The van der Waals surface area contributed by atoms with Gasteiger partial charge in [0, 0.05) is 13.1 Å². The summed E-state index contributed by atoms with van der Waals surface area (Å²) in [5.74, 6) is -1.68. The maximum atomic E-state index is 13.8. The van der Waals surface area contributed by atoms with Crippen molar-refractivity contribution < 1.29 is 24.3 Å². The first-order chi connectivity index (χ1) is 15.3. The monoisotopic (exact) mass is 441 g/mol. The van der Waals surface area contributed by atoms with Crippen molar-refractivity contribution in [2.45, 2.75) is 51.6 Å². The average molecular weight is 442 g/mol. The summed E-state index contributed by atoms with van der Waals surface area (Å²) >= 11 is 0. The van der Waals surface area contributed by atoms with E-state index in [0.717, 1.165) is 35.1 Å². The molecule has 2 heterocycles. The zero-order valence-corrected chi connectivity index (χ0v) is 18.8. The molecule has 8 heteroatoms. The Bertz CT molecular complexity index is 920. The number of nitrogens with zero attached hydrogens (tertiary/aromatic N) is 1. The van der Waals surface area contributed by atoms with E-state index in [9.17, 15) is 19.6 Å². The van der Waals surface area contributed by atoms with Gasteiger partial charge in [-0.2, -0.15) is 0 Å². The zero-order chi connectivity index (χ0) is 23.0. The van der Waals surface area contributed by atoms with Gasteiger partial charge in [0.25, 0.3) is 0 Å². The van der Waals surface area contributed by atoms with Crippen LogP contribution in [0.25, 0.3) is 5.57 Å². The Kier molecular flexibility index (Phi) is 6.09. The number of hydroxylamine groups is 1. The lowest BCUT2D eigenvalue weighted by Gasteiger charge is -2.44. The highest BCUT2D eigenvalue weighted by molar-refractivity contribution is 5.98. The number of rotatable bonds is 4. The number of Topliss-reactive ketones (excluding diaryl/α,β-unsaturated/α-hetero) is 1.